The zero-order valence-electron chi connectivity index (χ0n) is 8.40. The van der Waals surface area contributed by atoms with E-state index in [1.807, 2.05) is 0 Å². The zero-order valence-corrected chi connectivity index (χ0v) is 8.40. The Hall–Kier alpha value is -1.46. The quantitative estimate of drug-likeness (QED) is 0.258. The molecule has 1 saturated carbocycles. The van der Waals surface area contributed by atoms with Gasteiger partial charge in [-0.3, -0.25) is 0 Å². The molecule has 0 spiro atoms. The number of carbonyl (C=O) groups excluding carboxylic acids is 1. The molecule has 0 aliphatic heterocycles. The molecule has 0 radical (unpaired) electrons. The van der Waals surface area contributed by atoms with E-state index in [-0.39, 0.29) is 11.9 Å². The second kappa shape index (κ2) is 4.17. The van der Waals surface area contributed by atoms with Crippen LogP contribution in [0.2, 0.25) is 0 Å². The summed E-state index contributed by atoms with van der Waals surface area (Å²) in [5.74, 6) is 0.0263. The monoisotopic (exact) mass is 200 g/mol. The molecular weight excluding hydrogens is 184 g/mol. The van der Waals surface area contributed by atoms with Gasteiger partial charge in [0, 0.05) is 13.1 Å². The van der Waals surface area contributed by atoms with Gasteiger partial charge in [-0.25, -0.2) is 4.79 Å². The molecule has 1 aliphatic carbocycles. The first-order valence-electron chi connectivity index (χ1n) is 4.57. The summed E-state index contributed by atoms with van der Waals surface area (Å²) >= 11 is 0. The highest BCUT2D eigenvalue weighted by atomic mass is 16.4. The average molecular weight is 200 g/mol. The van der Waals surface area contributed by atoms with Gasteiger partial charge in [0.25, 0.3) is 0 Å². The molecule has 6 heteroatoms. The topological polar surface area (TPSA) is 91.0 Å². The summed E-state index contributed by atoms with van der Waals surface area (Å²) in [6, 6.07) is -0.283. The molecule has 0 aromatic rings. The minimum atomic E-state index is -0.404. The van der Waals surface area contributed by atoms with E-state index in [2.05, 4.69) is 10.5 Å². The zero-order chi connectivity index (χ0) is 10.7. The molecule has 0 heterocycles. The molecule has 0 aromatic carbocycles. The second-order valence-corrected chi connectivity index (χ2v) is 3.54. The largest absolute Gasteiger partial charge is 0.409 e. The van der Waals surface area contributed by atoms with E-state index in [0.717, 1.165) is 12.8 Å². The van der Waals surface area contributed by atoms with Crippen molar-refractivity contribution >= 4 is 11.9 Å². The van der Waals surface area contributed by atoms with Gasteiger partial charge in [-0.15, -0.1) is 0 Å². The van der Waals surface area contributed by atoms with Crippen LogP contribution in [0.25, 0.3) is 0 Å². The first-order valence-corrected chi connectivity index (χ1v) is 4.57. The lowest BCUT2D eigenvalue weighted by molar-refractivity contribution is 0.203. The van der Waals surface area contributed by atoms with Crippen molar-refractivity contribution in [2.75, 3.05) is 7.05 Å². The van der Waals surface area contributed by atoms with Gasteiger partial charge >= 0.3 is 6.03 Å². The molecule has 1 atom stereocenters. The van der Waals surface area contributed by atoms with Gasteiger partial charge in [0.05, 0.1) is 6.04 Å². The number of amides is 2. The third-order valence-electron chi connectivity index (χ3n) is 2.35. The maximum Gasteiger partial charge on any atom is 0.317 e. The van der Waals surface area contributed by atoms with Crippen molar-refractivity contribution in [3.8, 4) is 0 Å². The minimum Gasteiger partial charge on any atom is -0.409 e. The molecule has 1 fully saturated rings. The average Bonchev–Trinajstić information content (AvgIpc) is 2.97. The van der Waals surface area contributed by atoms with Crippen molar-refractivity contribution in [1.29, 1.82) is 0 Å². The molecule has 0 saturated heterocycles. The molecule has 6 nitrogen and oxygen atoms in total. The van der Waals surface area contributed by atoms with Gasteiger partial charge in [-0.2, -0.15) is 0 Å². The minimum absolute atomic E-state index is 0.0263. The Kier molecular flexibility index (Phi) is 3.16. The van der Waals surface area contributed by atoms with E-state index in [1.54, 1.807) is 14.0 Å². The number of likely N-dealkylation sites (N-methyl/N-ethyl adjacent to an activating group) is 1. The number of rotatable bonds is 3. The predicted octanol–water partition coefficient (Wildman–Crippen LogP) is -0.0749. The molecule has 80 valence electrons. The highest BCUT2D eigenvalue weighted by molar-refractivity contribution is 5.89. The summed E-state index contributed by atoms with van der Waals surface area (Å²) in [5.41, 5.74) is 5.38. The number of hydrogen-bond donors (Lipinski definition) is 3. The van der Waals surface area contributed by atoms with Gasteiger partial charge in [0.1, 0.15) is 0 Å². The van der Waals surface area contributed by atoms with Crippen molar-refractivity contribution in [1.82, 2.24) is 10.2 Å². The number of hydrogen-bond acceptors (Lipinski definition) is 3. The summed E-state index contributed by atoms with van der Waals surface area (Å²) in [4.78, 5) is 12.9. The third kappa shape index (κ3) is 2.51. The number of amidine groups is 1. The van der Waals surface area contributed by atoms with E-state index in [9.17, 15) is 4.79 Å². The van der Waals surface area contributed by atoms with E-state index >= 15 is 0 Å². The van der Waals surface area contributed by atoms with Crippen LogP contribution in [0.5, 0.6) is 0 Å². The maximum absolute atomic E-state index is 11.5. The van der Waals surface area contributed by atoms with Crippen LogP contribution in [0.15, 0.2) is 5.16 Å². The Bertz CT molecular complexity index is 250. The Morgan fingerprint density at radius 1 is 1.71 bits per heavy atom. The van der Waals surface area contributed by atoms with Gasteiger partial charge in [-0.1, -0.05) is 5.16 Å². The van der Waals surface area contributed by atoms with Crippen LogP contribution in [0.3, 0.4) is 0 Å². The fourth-order valence-electron chi connectivity index (χ4n) is 0.962. The van der Waals surface area contributed by atoms with Crippen LogP contribution >= 0.6 is 0 Å². The normalized spacial score (nSPS) is 18.9. The Morgan fingerprint density at radius 2 is 2.29 bits per heavy atom. The lowest BCUT2D eigenvalue weighted by atomic mass is 10.3. The Morgan fingerprint density at radius 3 is 2.71 bits per heavy atom. The molecule has 1 rings (SSSR count). The number of nitrogens with zero attached hydrogens (tertiary/aromatic N) is 2. The van der Waals surface area contributed by atoms with E-state index < -0.39 is 6.04 Å². The molecule has 2 amide bonds. The van der Waals surface area contributed by atoms with Crippen molar-refractivity contribution in [2.45, 2.75) is 31.8 Å². The van der Waals surface area contributed by atoms with Crippen molar-refractivity contribution < 1.29 is 10.0 Å². The van der Waals surface area contributed by atoms with E-state index in [4.69, 9.17) is 10.9 Å². The molecule has 0 aromatic heterocycles. The number of nitrogens with two attached hydrogens (primary N) is 1. The Labute approximate surface area is 82.7 Å². The van der Waals surface area contributed by atoms with Crippen LogP contribution in [0.4, 0.5) is 4.79 Å². The predicted molar refractivity (Wildman–Crippen MR) is 52.2 cm³/mol. The van der Waals surface area contributed by atoms with Crippen molar-refractivity contribution in [3.63, 3.8) is 0 Å². The number of nitrogens with one attached hydrogen (secondary N) is 1. The number of urea groups is 1. The van der Waals surface area contributed by atoms with Gasteiger partial charge in [0.2, 0.25) is 0 Å². The van der Waals surface area contributed by atoms with E-state index in [0.29, 0.717) is 6.04 Å². The molecule has 1 aliphatic rings. The molecule has 14 heavy (non-hydrogen) atoms. The second-order valence-electron chi connectivity index (χ2n) is 3.54. The van der Waals surface area contributed by atoms with Crippen LogP contribution in [-0.4, -0.2) is 41.1 Å². The van der Waals surface area contributed by atoms with Gasteiger partial charge in [-0.05, 0) is 19.8 Å². The molecule has 1 unspecified atom stereocenters. The molecule has 4 N–H and O–H groups in total. The standard InChI is InChI=1S/C8H16N4O2/c1-5(7(9)11-14)12(2)8(13)10-6-3-4-6/h5-6,14H,3-4H2,1-2H3,(H2,9,11)(H,10,13). The smallest absolute Gasteiger partial charge is 0.317 e. The number of carbonyl (C=O) groups is 1. The van der Waals surface area contributed by atoms with Crippen molar-refractivity contribution in [3.05, 3.63) is 0 Å². The van der Waals surface area contributed by atoms with Crippen molar-refractivity contribution in [2.24, 2.45) is 10.9 Å². The number of oxime groups is 1. The van der Waals surface area contributed by atoms with Crippen LogP contribution in [-0.2, 0) is 0 Å². The van der Waals surface area contributed by atoms with Gasteiger partial charge < -0.3 is 21.2 Å². The van der Waals surface area contributed by atoms with Gasteiger partial charge in [0.15, 0.2) is 5.84 Å². The highest BCUT2D eigenvalue weighted by Crippen LogP contribution is 2.18. The summed E-state index contributed by atoms with van der Waals surface area (Å²) in [5, 5.41) is 14.1. The van der Waals surface area contributed by atoms with Crippen LogP contribution in [0.1, 0.15) is 19.8 Å². The summed E-state index contributed by atoms with van der Waals surface area (Å²) in [6.45, 7) is 1.70. The third-order valence-corrected chi connectivity index (χ3v) is 2.35. The lowest BCUT2D eigenvalue weighted by Gasteiger charge is -2.23. The highest BCUT2D eigenvalue weighted by Gasteiger charge is 2.27. The lowest BCUT2D eigenvalue weighted by Crippen LogP contribution is -2.48. The van der Waals surface area contributed by atoms with E-state index in [1.165, 1.54) is 4.90 Å². The molecule has 0 bridgehead atoms. The summed E-state index contributed by atoms with van der Waals surface area (Å²) < 4.78 is 0. The Balaban J connectivity index is 2.45. The SMILES string of the molecule is CC(C(N)=NO)N(C)C(=O)NC1CC1. The summed E-state index contributed by atoms with van der Waals surface area (Å²) in [7, 11) is 1.61. The first-order chi connectivity index (χ1) is 6.56. The first kappa shape index (κ1) is 10.6. The van der Waals surface area contributed by atoms with Crippen LogP contribution in [0, 0.1) is 0 Å². The maximum atomic E-state index is 11.5. The fraction of sp³-hybridized carbons (Fsp3) is 0.750. The van der Waals surface area contributed by atoms with Crippen LogP contribution < -0.4 is 11.1 Å². The summed E-state index contributed by atoms with van der Waals surface area (Å²) in [6.07, 6.45) is 2.08. The fourth-order valence-corrected chi connectivity index (χ4v) is 0.962. The molecular formula is C8H16N4O2.